The van der Waals surface area contributed by atoms with Gasteiger partial charge in [0.15, 0.2) is 0 Å². The van der Waals surface area contributed by atoms with Gasteiger partial charge in [0.25, 0.3) is 15.7 Å². The number of nitro groups is 1. The first-order chi connectivity index (χ1) is 11.7. The van der Waals surface area contributed by atoms with E-state index in [0.29, 0.717) is 11.3 Å². The number of methoxy groups -OCH3 is 1. The molecule has 132 valence electrons. The zero-order valence-electron chi connectivity index (χ0n) is 13.9. The predicted molar refractivity (Wildman–Crippen MR) is 93.5 cm³/mol. The van der Waals surface area contributed by atoms with Crippen molar-refractivity contribution in [3.05, 3.63) is 63.2 Å². The Morgan fingerprint density at radius 2 is 1.84 bits per heavy atom. The molecule has 9 heteroatoms. The molecule has 0 saturated heterocycles. The molecule has 0 radical (unpaired) electrons. The van der Waals surface area contributed by atoms with Crippen LogP contribution in [0.15, 0.2) is 46.4 Å². The normalized spacial score (nSPS) is 11.5. The van der Waals surface area contributed by atoms with Crippen LogP contribution in [0.25, 0.3) is 0 Å². The van der Waals surface area contributed by atoms with Crippen molar-refractivity contribution in [3.8, 4) is 5.75 Å². The van der Waals surface area contributed by atoms with Crippen molar-refractivity contribution in [2.75, 3.05) is 7.11 Å². The predicted octanol–water partition coefficient (Wildman–Crippen LogP) is 2.53. The van der Waals surface area contributed by atoms with E-state index in [2.05, 4.69) is 5.10 Å². The van der Waals surface area contributed by atoms with Crippen molar-refractivity contribution >= 4 is 21.9 Å². The first-order valence-corrected chi connectivity index (χ1v) is 8.67. The van der Waals surface area contributed by atoms with Crippen molar-refractivity contribution in [3.63, 3.8) is 0 Å². The van der Waals surface area contributed by atoms with Crippen LogP contribution in [0.3, 0.4) is 0 Å². The highest BCUT2D eigenvalue weighted by Crippen LogP contribution is 2.27. The fraction of sp³-hybridized carbons (Fsp3) is 0.188. The van der Waals surface area contributed by atoms with Crippen molar-refractivity contribution in [1.29, 1.82) is 0 Å². The number of nitrogens with one attached hydrogen (secondary N) is 1. The minimum absolute atomic E-state index is 0.0515. The Labute approximate surface area is 145 Å². The van der Waals surface area contributed by atoms with Gasteiger partial charge < -0.3 is 4.74 Å². The quantitative estimate of drug-likeness (QED) is 0.482. The third-order valence-electron chi connectivity index (χ3n) is 3.45. The van der Waals surface area contributed by atoms with Crippen molar-refractivity contribution in [1.82, 2.24) is 4.83 Å². The maximum absolute atomic E-state index is 12.1. The smallest absolute Gasteiger partial charge is 0.281 e. The molecule has 8 nitrogen and oxygen atoms in total. The number of hydrazone groups is 1. The molecular weight excluding hydrogens is 346 g/mol. The minimum Gasteiger partial charge on any atom is -0.496 e. The Bertz CT molecular complexity index is 922. The Balaban J connectivity index is 2.28. The largest absolute Gasteiger partial charge is 0.496 e. The summed E-state index contributed by atoms with van der Waals surface area (Å²) in [6, 6.07) is 9.00. The first kappa shape index (κ1) is 18.4. The molecule has 25 heavy (non-hydrogen) atoms. The summed E-state index contributed by atoms with van der Waals surface area (Å²) in [5.41, 5.74) is 1.51. The monoisotopic (exact) mass is 363 g/mol. The number of rotatable bonds is 6. The lowest BCUT2D eigenvalue weighted by Gasteiger charge is -2.06. The van der Waals surface area contributed by atoms with Gasteiger partial charge in [-0.1, -0.05) is 17.7 Å². The number of aryl methyl sites for hydroxylation is 2. The van der Waals surface area contributed by atoms with E-state index in [1.54, 1.807) is 19.1 Å². The van der Waals surface area contributed by atoms with Crippen LogP contribution in [0.5, 0.6) is 5.75 Å². The number of ether oxygens (including phenoxy) is 1. The molecule has 0 spiro atoms. The topological polar surface area (TPSA) is 111 Å². The van der Waals surface area contributed by atoms with Gasteiger partial charge in [0.1, 0.15) is 5.75 Å². The van der Waals surface area contributed by atoms with Crippen molar-refractivity contribution < 1.29 is 18.1 Å². The fourth-order valence-electron chi connectivity index (χ4n) is 2.12. The molecule has 1 N–H and O–H groups in total. The summed E-state index contributed by atoms with van der Waals surface area (Å²) in [6.07, 6.45) is 1.09. The van der Waals surface area contributed by atoms with Gasteiger partial charge in [-0.25, -0.2) is 4.83 Å². The molecule has 0 unspecified atom stereocenters. The molecule has 0 fully saturated rings. The van der Waals surface area contributed by atoms with E-state index >= 15 is 0 Å². The van der Waals surface area contributed by atoms with Crippen LogP contribution in [0.4, 0.5) is 5.69 Å². The van der Waals surface area contributed by atoms with Gasteiger partial charge in [-0.05, 0) is 37.6 Å². The summed E-state index contributed by atoms with van der Waals surface area (Å²) in [5.74, 6) is 0.365. The zero-order valence-corrected chi connectivity index (χ0v) is 14.7. The number of nitro benzene ring substituents is 1. The number of hydrogen-bond acceptors (Lipinski definition) is 6. The van der Waals surface area contributed by atoms with Crippen molar-refractivity contribution in [2.45, 2.75) is 18.7 Å². The maximum atomic E-state index is 12.1. The number of hydrogen-bond donors (Lipinski definition) is 1. The highest BCUT2D eigenvalue weighted by molar-refractivity contribution is 7.89. The van der Waals surface area contributed by atoms with Gasteiger partial charge in [0.05, 0.1) is 34.8 Å². The molecule has 0 amide bonds. The molecule has 0 saturated carbocycles. The first-order valence-electron chi connectivity index (χ1n) is 7.19. The summed E-state index contributed by atoms with van der Waals surface area (Å²) in [5, 5.41) is 14.8. The van der Waals surface area contributed by atoms with Crippen LogP contribution in [-0.2, 0) is 10.0 Å². The maximum Gasteiger partial charge on any atom is 0.281 e. The number of nitrogens with zero attached hydrogens (tertiary/aromatic N) is 2. The average Bonchev–Trinajstić information content (AvgIpc) is 2.55. The second-order valence-electron chi connectivity index (χ2n) is 5.30. The Hall–Kier alpha value is -2.94. The van der Waals surface area contributed by atoms with E-state index < -0.39 is 14.9 Å². The van der Waals surface area contributed by atoms with E-state index in [0.717, 1.165) is 11.8 Å². The van der Waals surface area contributed by atoms with Crippen molar-refractivity contribution in [2.24, 2.45) is 5.10 Å². The SMILES string of the molecule is COc1cc([N+](=O)[O-])c(/C=N/NS(=O)(=O)c2ccc(C)cc2)cc1C. The Morgan fingerprint density at radius 3 is 2.40 bits per heavy atom. The van der Waals surface area contributed by atoms with Gasteiger partial charge >= 0.3 is 0 Å². The minimum atomic E-state index is -3.85. The molecule has 0 heterocycles. The van der Waals surface area contributed by atoms with E-state index in [9.17, 15) is 18.5 Å². The van der Waals surface area contributed by atoms with E-state index in [4.69, 9.17) is 4.74 Å². The van der Waals surface area contributed by atoms with Gasteiger partial charge in [-0.3, -0.25) is 10.1 Å². The van der Waals surface area contributed by atoms with Gasteiger partial charge in [-0.2, -0.15) is 13.5 Å². The summed E-state index contributed by atoms with van der Waals surface area (Å²) >= 11 is 0. The molecule has 2 rings (SSSR count). The number of benzene rings is 2. The lowest BCUT2D eigenvalue weighted by molar-refractivity contribution is -0.385. The van der Waals surface area contributed by atoms with Crippen LogP contribution in [0.1, 0.15) is 16.7 Å². The molecule has 0 atom stereocenters. The standard InChI is InChI=1S/C16H17N3O5S/c1-11-4-6-14(7-5-11)25(22,23)18-17-10-13-8-12(2)16(24-3)9-15(13)19(20)21/h4-10,18H,1-3H3/b17-10+. The van der Waals surface area contributed by atoms with E-state index in [1.165, 1.54) is 31.4 Å². The van der Waals surface area contributed by atoms with Crippen LogP contribution < -0.4 is 9.57 Å². The Kier molecular flexibility index (Phi) is 5.38. The highest BCUT2D eigenvalue weighted by atomic mass is 32.2. The lowest BCUT2D eigenvalue weighted by Crippen LogP contribution is -2.18. The van der Waals surface area contributed by atoms with E-state index in [-0.39, 0.29) is 16.1 Å². The molecule has 0 aliphatic rings. The second kappa shape index (κ2) is 7.31. The van der Waals surface area contributed by atoms with Crippen LogP contribution in [-0.4, -0.2) is 26.7 Å². The molecular formula is C16H17N3O5S. The second-order valence-corrected chi connectivity index (χ2v) is 6.96. The average molecular weight is 363 g/mol. The summed E-state index contributed by atoms with van der Waals surface area (Å²) in [7, 11) is -2.43. The summed E-state index contributed by atoms with van der Waals surface area (Å²) < 4.78 is 29.3. The van der Waals surface area contributed by atoms with Crippen LogP contribution in [0.2, 0.25) is 0 Å². The molecule has 2 aromatic rings. The third kappa shape index (κ3) is 4.32. The lowest BCUT2D eigenvalue weighted by atomic mass is 10.1. The van der Waals surface area contributed by atoms with Gasteiger partial charge in [0, 0.05) is 0 Å². The highest BCUT2D eigenvalue weighted by Gasteiger charge is 2.17. The third-order valence-corrected chi connectivity index (χ3v) is 4.69. The Morgan fingerprint density at radius 1 is 1.20 bits per heavy atom. The fourth-order valence-corrected chi connectivity index (χ4v) is 2.91. The van der Waals surface area contributed by atoms with Gasteiger partial charge in [0.2, 0.25) is 0 Å². The number of sulfonamides is 1. The van der Waals surface area contributed by atoms with Crippen LogP contribution >= 0.6 is 0 Å². The van der Waals surface area contributed by atoms with E-state index in [1.807, 2.05) is 11.8 Å². The molecule has 0 aromatic heterocycles. The molecule has 0 bridgehead atoms. The molecule has 2 aromatic carbocycles. The molecule has 0 aliphatic carbocycles. The zero-order chi connectivity index (χ0) is 18.6. The van der Waals surface area contributed by atoms with Gasteiger partial charge in [-0.15, -0.1) is 0 Å². The summed E-state index contributed by atoms with van der Waals surface area (Å²) in [6.45, 7) is 3.56. The molecule has 0 aliphatic heterocycles. The summed E-state index contributed by atoms with van der Waals surface area (Å²) in [4.78, 5) is 12.7. The van der Waals surface area contributed by atoms with Crippen LogP contribution in [0, 0.1) is 24.0 Å².